The van der Waals surface area contributed by atoms with Gasteiger partial charge in [0.15, 0.2) is 5.44 Å². The molecular weight excluding hydrogens is 283 g/mol. The van der Waals surface area contributed by atoms with Crippen molar-refractivity contribution >= 4 is 23.4 Å². The molecule has 1 N–H and O–H groups in total. The van der Waals surface area contributed by atoms with Gasteiger partial charge >= 0.3 is 6.18 Å². The van der Waals surface area contributed by atoms with Gasteiger partial charge in [0, 0.05) is 11.8 Å². The van der Waals surface area contributed by atoms with Gasteiger partial charge in [-0.2, -0.15) is 13.2 Å². The second-order valence-corrected chi connectivity index (χ2v) is 4.87. The lowest BCUT2D eigenvalue weighted by atomic mass is 10.1. The fourth-order valence-corrected chi connectivity index (χ4v) is 2.47. The quantitative estimate of drug-likeness (QED) is 0.907. The van der Waals surface area contributed by atoms with Crippen molar-refractivity contribution in [2.45, 2.75) is 11.6 Å². The summed E-state index contributed by atoms with van der Waals surface area (Å²) in [6.45, 7) is 0. The molecule has 1 fully saturated rings. The van der Waals surface area contributed by atoms with E-state index in [2.05, 4.69) is 0 Å². The topological polar surface area (TPSA) is 49.8 Å². The molecule has 0 radical (unpaired) electrons. The lowest BCUT2D eigenvalue weighted by Gasteiger charge is -2.18. The van der Waals surface area contributed by atoms with E-state index < -0.39 is 23.1 Å². The maximum Gasteiger partial charge on any atom is 0.416 e. The summed E-state index contributed by atoms with van der Waals surface area (Å²) >= 11 is 0.945. The fraction of sp³-hybridized carbons (Fsp3) is 0.364. The van der Waals surface area contributed by atoms with E-state index in [1.165, 1.54) is 13.2 Å². The van der Waals surface area contributed by atoms with Gasteiger partial charge in [-0.25, -0.2) is 0 Å². The van der Waals surface area contributed by atoms with Crippen molar-refractivity contribution in [1.29, 1.82) is 0 Å². The summed E-state index contributed by atoms with van der Waals surface area (Å²) in [5.74, 6) is -0.528. The molecule has 104 valence electrons. The van der Waals surface area contributed by atoms with E-state index in [0.29, 0.717) is 0 Å². The van der Waals surface area contributed by atoms with Crippen LogP contribution in [0.1, 0.15) is 5.56 Å². The van der Waals surface area contributed by atoms with E-state index in [9.17, 15) is 23.1 Å². The Labute approximate surface area is 111 Å². The second-order valence-electron chi connectivity index (χ2n) is 3.83. The summed E-state index contributed by atoms with van der Waals surface area (Å²) in [6, 6.07) is 3.04. The molecule has 1 heterocycles. The molecule has 1 aromatic rings. The van der Waals surface area contributed by atoms with Crippen molar-refractivity contribution in [3.8, 4) is 5.75 Å². The molecule has 1 saturated heterocycles. The zero-order chi connectivity index (χ0) is 14.2. The number of carbonyl (C=O) groups is 1. The van der Waals surface area contributed by atoms with Crippen LogP contribution in [0.25, 0.3) is 0 Å². The van der Waals surface area contributed by atoms with E-state index in [1.54, 1.807) is 0 Å². The Kier molecular flexibility index (Phi) is 3.64. The van der Waals surface area contributed by atoms with Gasteiger partial charge in [-0.15, -0.1) is 0 Å². The van der Waals surface area contributed by atoms with Gasteiger partial charge in [-0.3, -0.25) is 9.69 Å². The smallest absolute Gasteiger partial charge is 0.416 e. The monoisotopic (exact) mass is 293 g/mol. The molecular formula is C11H10F3NO3S. The number of halogens is 3. The van der Waals surface area contributed by atoms with Crippen LogP contribution >= 0.6 is 11.8 Å². The van der Waals surface area contributed by atoms with E-state index in [0.717, 1.165) is 28.8 Å². The third kappa shape index (κ3) is 2.79. The third-order valence-electron chi connectivity index (χ3n) is 2.60. The number of aliphatic hydroxyl groups is 1. The summed E-state index contributed by atoms with van der Waals surface area (Å²) < 4.78 is 43.0. The van der Waals surface area contributed by atoms with Crippen LogP contribution in [-0.2, 0) is 11.0 Å². The molecule has 1 aliphatic heterocycles. The summed E-state index contributed by atoms with van der Waals surface area (Å²) in [6.07, 6.45) is -4.53. The van der Waals surface area contributed by atoms with Crippen molar-refractivity contribution in [1.82, 2.24) is 0 Å². The third-order valence-corrected chi connectivity index (χ3v) is 3.53. The second kappa shape index (κ2) is 4.93. The molecule has 2 rings (SSSR count). The van der Waals surface area contributed by atoms with E-state index in [4.69, 9.17) is 4.74 Å². The van der Waals surface area contributed by atoms with Crippen molar-refractivity contribution in [3.63, 3.8) is 0 Å². The molecule has 0 saturated carbocycles. The van der Waals surface area contributed by atoms with Gasteiger partial charge < -0.3 is 9.84 Å². The SMILES string of the molecule is COc1cc(N2CSC(O)C2=O)cc(C(F)(F)F)c1. The Morgan fingerprint density at radius 1 is 1.42 bits per heavy atom. The fourth-order valence-electron chi connectivity index (χ4n) is 1.64. The van der Waals surface area contributed by atoms with E-state index in [-0.39, 0.29) is 17.3 Å². The first-order valence-electron chi connectivity index (χ1n) is 5.20. The van der Waals surface area contributed by atoms with Crippen molar-refractivity contribution in [2.75, 3.05) is 17.9 Å². The average Bonchev–Trinajstić information content (AvgIpc) is 2.68. The van der Waals surface area contributed by atoms with Gasteiger partial charge in [-0.05, 0) is 12.1 Å². The molecule has 1 aromatic carbocycles. The maximum atomic E-state index is 12.7. The minimum Gasteiger partial charge on any atom is -0.497 e. The number of alkyl halides is 3. The number of anilines is 1. The van der Waals surface area contributed by atoms with Crippen molar-refractivity contribution in [2.24, 2.45) is 0 Å². The molecule has 0 aliphatic carbocycles. The van der Waals surface area contributed by atoms with E-state index >= 15 is 0 Å². The molecule has 1 unspecified atom stereocenters. The highest BCUT2D eigenvalue weighted by atomic mass is 32.2. The standard InChI is InChI=1S/C11H10F3NO3S/c1-18-8-3-6(11(12,13)14)2-7(4-8)15-5-19-10(17)9(15)16/h2-4,10,17H,5H2,1H3. The average molecular weight is 293 g/mol. The molecule has 0 aromatic heterocycles. The number of hydrogen-bond donors (Lipinski definition) is 1. The van der Waals surface area contributed by atoms with Crippen LogP contribution in [0.3, 0.4) is 0 Å². The van der Waals surface area contributed by atoms with Crippen molar-refractivity contribution in [3.05, 3.63) is 23.8 Å². The molecule has 0 bridgehead atoms. The van der Waals surface area contributed by atoms with Crippen LogP contribution in [0, 0.1) is 0 Å². The van der Waals surface area contributed by atoms with Gasteiger partial charge in [0.2, 0.25) is 0 Å². The van der Waals surface area contributed by atoms with Crippen LogP contribution in [-0.4, -0.2) is 29.4 Å². The number of thioether (sulfide) groups is 1. The molecule has 0 spiro atoms. The number of nitrogens with zero attached hydrogens (tertiary/aromatic N) is 1. The Hall–Kier alpha value is -1.41. The lowest BCUT2D eigenvalue weighted by Crippen LogP contribution is -2.29. The molecule has 1 amide bonds. The predicted octanol–water partition coefficient (Wildman–Crippen LogP) is 2.07. The molecule has 1 aliphatic rings. The summed E-state index contributed by atoms with van der Waals surface area (Å²) in [5, 5.41) is 9.30. The molecule has 8 heteroatoms. The normalized spacial score (nSPS) is 19.9. The Bertz CT molecular complexity index is 506. The Balaban J connectivity index is 2.43. The first-order valence-corrected chi connectivity index (χ1v) is 6.25. The van der Waals surface area contributed by atoms with Crippen LogP contribution in [0.4, 0.5) is 18.9 Å². The maximum absolute atomic E-state index is 12.7. The highest BCUT2D eigenvalue weighted by molar-refractivity contribution is 8.01. The first-order chi connectivity index (χ1) is 8.82. The van der Waals surface area contributed by atoms with E-state index in [1.807, 2.05) is 0 Å². The number of methoxy groups -OCH3 is 1. The van der Waals surface area contributed by atoms with Gasteiger partial charge in [0.25, 0.3) is 5.91 Å². The highest BCUT2D eigenvalue weighted by Crippen LogP contribution is 2.37. The van der Waals surface area contributed by atoms with Gasteiger partial charge in [0.1, 0.15) is 5.75 Å². The number of hydrogen-bond acceptors (Lipinski definition) is 4. The minimum absolute atomic E-state index is 0.00372. The molecule has 19 heavy (non-hydrogen) atoms. The molecule has 1 atom stereocenters. The number of amides is 1. The Morgan fingerprint density at radius 3 is 2.58 bits per heavy atom. The van der Waals surface area contributed by atoms with Gasteiger partial charge in [0.05, 0.1) is 18.6 Å². The first kappa shape index (κ1) is 14.0. The Morgan fingerprint density at radius 2 is 2.11 bits per heavy atom. The molecule has 4 nitrogen and oxygen atoms in total. The number of aliphatic hydroxyl groups excluding tert-OH is 1. The summed E-state index contributed by atoms with van der Waals surface area (Å²) in [5.41, 5.74) is -2.08. The predicted molar refractivity (Wildman–Crippen MR) is 63.9 cm³/mol. The van der Waals surface area contributed by atoms with Crippen LogP contribution in [0.15, 0.2) is 18.2 Å². The van der Waals surface area contributed by atoms with Crippen LogP contribution < -0.4 is 9.64 Å². The largest absolute Gasteiger partial charge is 0.497 e. The zero-order valence-corrected chi connectivity index (χ0v) is 10.6. The zero-order valence-electron chi connectivity index (χ0n) is 9.77. The number of rotatable bonds is 2. The number of carbonyl (C=O) groups excluding carboxylic acids is 1. The highest BCUT2D eigenvalue weighted by Gasteiger charge is 2.35. The lowest BCUT2D eigenvalue weighted by molar-refractivity contribution is -0.137. The number of ether oxygens (including phenoxy) is 1. The van der Waals surface area contributed by atoms with Crippen LogP contribution in [0.5, 0.6) is 5.75 Å². The van der Waals surface area contributed by atoms with Crippen LogP contribution in [0.2, 0.25) is 0 Å². The summed E-state index contributed by atoms with van der Waals surface area (Å²) in [7, 11) is 1.24. The summed E-state index contributed by atoms with van der Waals surface area (Å²) in [4.78, 5) is 12.7. The van der Waals surface area contributed by atoms with Crippen molar-refractivity contribution < 1.29 is 27.8 Å². The minimum atomic E-state index is -4.53. The van der Waals surface area contributed by atoms with Gasteiger partial charge in [-0.1, -0.05) is 11.8 Å². The number of benzene rings is 1.